The lowest BCUT2D eigenvalue weighted by Gasteiger charge is -2.41. The lowest BCUT2D eigenvalue weighted by atomic mass is 9.93. The van der Waals surface area contributed by atoms with Crippen LogP contribution in [0, 0.1) is 17.8 Å². The number of nitrogens with one attached hydrogen (secondary N) is 4. The summed E-state index contributed by atoms with van der Waals surface area (Å²) in [6.07, 6.45) is 2.95. The van der Waals surface area contributed by atoms with E-state index in [4.69, 9.17) is 19.0 Å². The Bertz CT molecular complexity index is 2220. The van der Waals surface area contributed by atoms with Crippen molar-refractivity contribution in [1.29, 1.82) is 0 Å². The number of carbonyl (C=O) groups is 6. The average molecular weight is 954 g/mol. The summed E-state index contributed by atoms with van der Waals surface area (Å²) in [4.78, 5) is 88.5. The van der Waals surface area contributed by atoms with Gasteiger partial charge in [-0.15, -0.1) is 0 Å². The van der Waals surface area contributed by atoms with Crippen LogP contribution in [0.2, 0.25) is 0 Å². The molecule has 0 spiro atoms. The second-order valence-electron chi connectivity index (χ2n) is 19.7. The summed E-state index contributed by atoms with van der Waals surface area (Å²) in [5.41, 5.74) is 2.20. The molecule has 4 N–H and O–H groups in total. The highest BCUT2D eigenvalue weighted by molar-refractivity contribution is 5.99. The molecular formula is C53H73N6O10+. The lowest BCUT2D eigenvalue weighted by molar-refractivity contribution is -0.940. The number of Topliss-reactive ketones (excluding diaryl/α,β-unsaturated/α-hetero) is 1. The molecule has 0 aliphatic carbocycles. The van der Waals surface area contributed by atoms with Crippen molar-refractivity contribution in [2.75, 3.05) is 46.6 Å². The number of ketones is 1. The van der Waals surface area contributed by atoms with Gasteiger partial charge < -0.3 is 44.8 Å². The fraction of sp³-hybridized carbons (Fsp3) is 0.528. The summed E-state index contributed by atoms with van der Waals surface area (Å²) in [6.45, 7) is 15.6. The molecule has 2 aliphatic heterocycles. The van der Waals surface area contributed by atoms with Gasteiger partial charge in [-0.3, -0.25) is 28.8 Å². The molecule has 0 saturated carbocycles. The van der Waals surface area contributed by atoms with Gasteiger partial charge in [0.05, 0.1) is 38.0 Å². The van der Waals surface area contributed by atoms with E-state index in [2.05, 4.69) is 26.4 Å². The van der Waals surface area contributed by atoms with Gasteiger partial charge in [0.1, 0.15) is 56.2 Å². The van der Waals surface area contributed by atoms with Crippen LogP contribution in [-0.4, -0.2) is 122 Å². The van der Waals surface area contributed by atoms with Crippen LogP contribution >= 0.6 is 0 Å². The first-order chi connectivity index (χ1) is 32.9. The molecule has 5 rings (SSSR count). The third-order valence-corrected chi connectivity index (χ3v) is 12.4. The maximum Gasteiger partial charge on any atom is 0.313 e. The molecule has 2 saturated heterocycles. The molecule has 2 heterocycles. The van der Waals surface area contributed by atoms with Crippen LogP contribution in [0.1, 0.15) is 90.0 Å². The summed E-state index contributed by atoms with van der Waals surface area (Å²) in [6, 6.07) is 20.3. The summed E-state index contributed by atoms with van der Waals surface area (Å²) in [5, 5.41) is 15.8. The predicted molar refractivity (Wildman–Crippen MR) is 262 cm³/mol. The number of oxime groups is 1. The number of nitrogens with zero attached hydrogens (tertiary/aromatic N) is 2. The molecule has 0 radical (unpaired) electrons. The highest BCUT2D eigenvalue weighted by atomic mass is 16.6. The molecular weight excluding hydrogens is 881 g/mol. The zero-order chi connectivity index (χ0) is 50.1. The van der Waals surface area contributed by atoms with Gasteiger partial charge in [-0.25, -0.2) is 0 Å². The Kier molecular flexibility index (Phi) is 20.0. The Labute approximate surface area is 407 Å². The number of epoxide rings is 1. The summed E-state index contributed by atoms with van der Waals surface area (Å²) < 4.78 is 17.2. The number of morpholine rings is 1. The molecule has 16 heteroatoms. The second-order valence-corrected chi connectivity index (χ2v) is 19.7. The van der Waals surface area contributed by atoms with Crippen LogP contribution < -0.4 is 26.0 Å². The van der Waals surface area contributed by atoms with Crippen LogP contribution in [0.4, 0.5) is 0 Å². The number of carbonyl (C=O) groups excluding carboxylic acids is 6. The van der Waals surface area contributed by atoms with E-state index in [0.717, 1.165) is 16.7 Å². The van der Waals surface area contributed by atoms with E-state index >= 15 is 0 Å². The second kappa shape index (κ2) is 25.6. The van der Waals surface area contributed by atoms with E-state index in [1.807, 2.05) is 100 Å². The van der Waals surface area contributed by atoms with E-state index < -0.39 is 47.5 Å². The summed E-state index contributed by atoms with van der Waals surface area (Å²) in [7, 11) is 1.42. The maximum atomic E-state index is 14.5. The van der Waals surface area contributed by atoms with Crippen LogP contribution in [0.25, 0.3) is 0 Å². The number of rotatable bonds is 26. The van der Waals surface area contributed by atoms with E-state index in [1.165, 1.54) is 13.3 Å². The smallest absolute Gasteiger partial charge is 0.313 e. The van der Waals surface area contributed by atoms with Crippen molar-refractivity contribution in [2.45, 2.75) is 117 Å². The van der Waals surface area contributed by atoms with E-state index in [1.54, 1.807) is 26.8 Å². The minimum Gasteiger partial charge on any atom is -0.426 e. The van der Waals surface area contributed by atoms with Crippen LogP contribution in [0.15, 0.2) is 84.0 Å². The van der Waals surface area contributed by atoms with Gasteiger partial charge in [-0.2, -0.15) is 0 Å². The Balaban J connectivity index is 1.37. The predicted octanol–water partition coefficient (Wildman–Crippen LogP) is 4.84. The van der Waals surface area contributed by atoms with Crippen molar-refractivity contribution < 1.29 is 52.3 Å². The number of aryl methyl sites for hydroxylation is 1. The highest BCUT2D eigenvalue weighted by Crippen LogP contribution is 2.30. The Morgan fingerprint density at radius 1 is 0.725 bits per heavy atom. The van der Waals surface area contributed by atoms with Crippen LogP contribution in [0.5, 0.6) is 5.75 Å². The van der Waals surface area contributed by atoms with Crippen LogP contribution in [0.3, 0.4) is 0 Å². The molecule has 5 atom stereocenters. The molecule has 0 aromatic heterocycles. The molecule has 2 fully saturated rings. The molecule has 0 unspecified atom stereocenters. The van der Waals surface area contributed by atoms with Crippen molar-refractivity contribution in [3.05, 3.63) is 101 Å². The zero-order valence-corrected chi connectivity index (χ0v) is 41.6. The molecule has 0 bridgehead atoms. The molecule has 3 aromatic carbocycles. The largest absolute Gasteiger partial charge is 0.426 e. The number of ether oxygens (including phenoxy) is 3. The van der Waals surface area contributed by atoms with Gasteiger partial charge >= 0.3 is 5.97 Å². The molecule has 374 valence electrons. The molecule has 16 nitrogen and oxygen atoms in total. The van der Waals surface area contributed by atoms with Gasteiger partial charge in [-0.1, -0.05) is 107 Å². The van der Waals surface area contributed by atoms with E-state index in [-0.39, 0.29) is 67.8 Å². The first-order valence-electron chi connectivity index (χ1n) is 24.2. The average Bonchev–Trinajstić information content (AvgIpc) is 4.07. The minimum atomic E-state index is -1.08. The van der Waals surface area contributed by atoms with Gasteiger partial charge in [0.15, 0.2) is 12.3 Å². The van der Waals surface area contributed by atoms with Crippen LogP contribution in [-0.2, 0) is 62.5 Å². The maximum absolute atomic E-state index is 14.5. The van der Waals surface area contributed by atoms with E-state index in [9.17, 15) is 28.8 Å². The Morgan fingerprint density at radius 2 is 1.29 bits per heavy atom. The van der Waals surface area contributed by atoms with Crippen molar-refractivity contribution in [1.82, 2.24) is 21.3 Å². The summed E-state index contributed by atoms with van der Waals surface area (Å²) in [5.74, 6) is -2.56. The fourth-order valence-corrected chi connectivity index (χ4v) is 8.39. The molecule has 69 heavy (non-hydrogen) atoms. The number of hydrogen-bond donors (Lipinski definition) is 4. The number of esters is 1. The molecule has 3 aromatic rings. The Morgan fingerprint density at radius 3 is 1.88 bits per heavy atom. The van der Waals surface area contributed by atoms with Crippen molar-refractivity contribution in [2.24, 2.45) is 22.9 Å². The quantitative estimate of drug-likeness (QED) is 0.0216. The molecule has 4 amide bonds. The number of benzene rings is 3. The number of amides is 4. The van der Waals surface area contributed by atoms with Gasteiger partial charge in [0.2, 0.25) is 17.7 Å². The monoisotopic (exact) mass is 954 g/mol. The summed E-state index contributed by atoms with van der Waals surface area (Å²) >= 11 is 0. The SMILES string of the molecule is CO/N=C/c1cc(C[N+]2(CC(=O)N[C@@H](CCc3ccccc3)C(=O)N[C@@H](CC(C)C)C(=O)N[C@@H](Cc3ccccc3)C(=O)N[C@@H](CC(C)C)C(=O)[C@@]3(C)CO3)CCOCC2)ccc1OC(=O)C(C)C. The topological polar surface area (TPSA) is 203 Å². The normalized spacial score (nSPS) is 18.2. The van der Waals surface area contributed by atoms with Crippen molar-refractivity contribution >= 4 is 41.6 Å². The zero-order valence-electron chi connectivity index (χ0n) is 41.6. The first-order valence-corrected chi connectivity index (χ1v) is 24.2. The first kappa shape index (κ1) is 54.0. The van der Waals surface area contributed by atoms with Gasteiger partial charge in [-0.05, 0) is 73.8 Å². The van der Waals surface area contributed by atoms with Gasteiger partial charge in [0, 0.05) is 17.5 Å². The van der Waals surface area contributed by atoms with E-state index in [0.29, 0.717) is 61.5 Å². The minimum absolute atomic E-state index is 0.0296. The number of hydrogen-bond acceptors (Lipinski definition) is 11. The van der Waals surface area contributed by atoms with Gasteiger partial charge in [0.25, 0.3) is 5.91 Å². The third-order valence-electron chi connectivity index (χ3n) is 12.4. The Hall–Kier alpha value is -5.97. The highest BCUT2D eigenvalue weighted by Gasteiger charge is 2.50. The lowest BCUT2D eigenvalue weighted by Crippen LogP contribution is -2.61. The molecule has 2 aliphatic rings. The third kappa shape index (κ3) is 16.9. The fourth-order valence-electron chi connectivity index (χ4n) is 8.39. The van der Waals surface area contributed by atoms with Crippen molar-refractivity contribution in [3.8, 4) is 5.75 Å². The standard InChI is InChI=1S/C53H72N6O10/c1-35(2)27-43(48(61)53(7)34-68-53)56-51(64)45(30-39-17-13-10-14-18-39)58-50(63)44(28-36(3)4)57-49(62)42(21-19-38-15-11-9-12-16-38)55-47(60)33-59(23-25-67-26-24-59)32-40-20-22-46(69-52(65)37(5)6)41(29-40)31-54-66-8/h9-18,20,22,29,31,35-37,42-45H,19,21,23-28,30,32-34H2,1-8H3,(H3-,55,56,57,58,60,62,63,64)/p+1/b54-31+/t42-,43-,44-,45-,53+/m0/s1. The van der Waals surface area contributed by atoms with Crippen molar-refractivity contribution in [3.63, 3.8) is 0 Å². The number of quaternary nitrogens is 1.